The highest BCUT2D eigenvalue weighted by Crippen LogP contribution is 2.57. The fraction of sp³-hybridized carbons (Fsp3) is 0.185. The topological polar surface area (TPSA) is 144 Å². The quantitative estimate of drug-likeness (QED) is 0.146. The number of alkyl halides is 3. The van der Waals surface area contributed by atoms with Crippen LogP contribution in [-0.4, -0.2) is 33.4 Å². The van der Waals surface area contributed by atoms with Crippen LogP contribution in [0.2, 0.25) is 0 Å². The summed E-state index contributed by atoms with van der Waals surface area (Å²) in [4.78, 5) is 18.7. The SMILES string of the molecule is O=C1CC(c2ccc(C[C@H](NS(=O)(=O)c3cccc(C(F)(F)F)c3)c3ncc(-c4ccccc4)[nH]3)cc2Br)S(O)(O)N1. The van der Waals surface area contributed by atoms with Crippen LogP contribution in [0.3, 0.4) is 0 Å². The molecule has 1 amide bonds. The Labute approximate surface area is 249 Å². The summed E-state index contributed by atoms with van der Waals surface area (Å²) in [5.74, 6) is -0.267. The predicted octanol–water partition coefficient (Wildman–Crippen LogP) is 6.35. The summed E-state index contributed by atoms with van der Waals surface area (Å²) >= 11 is 3.42. The molecule has 1 saturated heterocycles. The van der Waals surface area contributed by atoms with Crippen LogP contribution in [0.5, 0.6) is 0 Å². The second kappa shape index (κ2) is 11.5. The van der Waals surface area contributed by atoms with Gasteiger partial charge in [-0.05, 0) is 47.4 Å². The van der Waals surface area contributed by atoms with Crippen LogP contribution in [0.4, 0.5) is 13.2 Å². The summed E-state index contributed by atoms with van der Waals surface area (Å²) in [5.41, 5.74) is 1.36. The van der Waals surface area contributed by atoms with Crippen molar-refractivity contribution in [2.24, 2.45) is 0 Å². The molecule has 42 heavy (non-hydrogen) atoms. The van der Waals surface area contributed by atoms with Gasteiger partial charge in [0, 0.05) is 4.47 Å². The van der Waals surface area contributed by atoms with Crippen molar-refractivity contribution in [3.05, 3.63) is 106 Å². The average molecular weight is 686 g/mol. The summed E-state index contributed by atoms with van der Waals surface area (Å²) in [6, 6.07) is 16.5. The van der Waals surface area contributed by atoms with Crippen LogP contribution < -0.4 is 9.44 Å². The van der Waals surface area contributed by atoms with E-state index in [0.717, 1.165) is 23.8 Å². The van der Waals surface area contributed by atoms with Crippen LogP contribution in [0.1, 0.15) is 40.2 Å². The molecule has 1 unspecified atom stereocenters. The van der Waals surface area contributed by atoms with Crippen LogP contribution in [0.25, 0.3) is 11.3 Å². The second-order valence-electron chi connectivity index (χ2n) is 9.62. The van der Waals surface area contributed by atoms with Gasteiger partial charge in [-0.1, -0.05) is 64.5 Å². The number of sulfonamides is 1. The number of H-pyrrole nitrogens is 1. The number of hydrogen-bond donors (Lipinski definition) is 5. The van der Waals surface area contributed by atoms with Gasteiger partial charge in [-0.25, -0.2) is 18.1 Å². The van der Waals surface area contributed by atoms with Gasteiger partial charge in [0.2, 0.25) is 15.9 Å². The summed E-state index contributed by atoms with van der Waals surface area (Å²) in [6.45, 7) is 0. The Morgan fingerprint density at radius 3 is 2.45 bits per heavy atom. The van der Waals surface area contributed by atoms with E-state index in [4.69, 9.17) is 0 Å². The Morgan fingerprint density at radius 1 is 1.07 bits per heavy atom. The van der Waals surface area contributed by atoms with Crippen LogP contribution in [0, 0.1) is 0 Å². The first-order valence-corrected chi connectivity index (χ1v) is 16.3. The van der Waals surface area contributed by atoms with Crippen molar-refractivity contribution in [2.45, 2.75) is 35.2 Å². The maximum Gasteiger partial charge on any atom is 0.416 e. The fourth-order valence-corrected chi connectivity index (χ4v) is 8.22. The minimum absolute atomic E-state index is 0.0247. The molecule has 1 aliphatic rings. The van der Waals surface area contributed by atoms with Crippen molar-refractivity contribution in [3.8, 4) is 11.3 Å². The Balaban J connectivity index is 1.48. The van der Waals surface area contributed by atoms with Gasteiger partial charge >= 0.3 is 6.18 Å². The molecule has 4 aromatic rings. The number of rotatable bonds is 8. The number of carbonyl (C=O) groups is 1. The Hall–Kier alpha value is -3.21. The minimum atomic E-state index is -4.73. The van der Waals surface area contributed by atoms with Gasteiger partial charge in [0.25, 0.3) is 0 Å². The van der Waals surface area contributed by atoms with E-state index < -0.39 is 54.6 Å². The van der Waals surface area contributed by atoms with E-state index in [0.29, 0.717) is 27.4 Å². The molecule has 0 bridgehead atoms. The summed E-state index contributed by atoms with van der Waals surface area (Å²) in [6.07, 6.45) is -3.29. The van der Waals surface area contributed by atoms with E-state index in [-0.39, 0.29) is 18.7 Å². The third kappa shape index (κ3) is 6.55. The molecular weight excluding hydrogens is 661 g/mol. The number of nitrogens with one attached hydrogen (secondary N) is 3. The van der Waals surface area contributed by atoms with E-state index in [9.17, 15) is 35.5 Å². The molecule has 15 heteroatoms. The van der Waals surface area contributed by atoms with E-state index in [1.807, 2.05) is 30.3 Å². The lowest BCUT2D eigenvalue weighted by Gasteiger charge is -2.33. The number of aromatic nitrogens is 2. The third-order valence-electron chi connectivity index (χ3n) is 6.66. The standard InChI is InChI=1S/C27H24BrF3N4O5S2/c28-21-11-16(9-10-20(21)24-14-25(36)35-42(24,39)40)12-22(26-32-15-23(33-26)17-5-2-1-3-6-17)34-41(37,38)19-8-4-7-18(13-19)27(29,30)31/h1-11,13,15,22,24,34,39-40H,12,14H2,(H,32,33)(H,35,36)/t22-,24?/m0/s1. The van der Waals surface area contributed by atoms with Gasteiger partial charge in [0.15, 0.2) is 0 Å². The molecule has 3 aromatic carbocycles. The molecule has 0 radical (unpaired) electrons. The second-order valence-corrected chi connectivity index (χ2v) is 14.1. The highest BCUT2D eigenvalue weighted by molar-refractivity contribution is 9.10. The van der Waals surface area contributed by atoms with Crippen molar-refractivity contribution >= 4 is 42.6 Å². The lowest BCUT2D eigenvalue weighted by molar-refractivity contribution is -0.137. The molecule has 5 N–H and O–H groups in total. The van der Waals surface area contributed by atoms with Gasteiger partial charge in [0.05, 0.1) is 34.8 Å². The zero-order valence-electron chi connectivity index (χ0n) is 21.5. The van der Waals surface area contributed by atoms with E-state index in [2.05, 4.69) is 35.3 Å². The van der Waals surface area contributed by atoms with Crippen molar-refractivity contribution in [1.82, 2.24) is 19.4 Å². The van der Waals surface area contributed by atoms with Crippen molar-refractivity contribution in [1.29, 1.82) is 0 Å². The maximum atomic E-state index is 13.3. The fourth-order valence-electron chi connectivity index (χ4n) is 4.61. The van der Waals surface area contributed by atoms with Crippen LogP contribution in [-0.2, 0) is 27.4 Å². The Bertz CT molecular complexity index is 1730. The smallest absolute Gasteiger partial charge is 0.341 e. The first-order valence-electron chi connectivity index (χ1n) is 12.4. The van der Waals surface area contributed by atoms with Crippen molar-refractivity contribution < 1.29 is 35.5 Å². The van der Waals surface area contributed by atoms with Crippen LogP contribution >= 0.6 is 26.7 Å². The first kappa shape index (κ1) is 30.3. The highest BCUT2D eigenvalue weighted by Gasteiger charge is 2.39. The molecule has 2 atom stereocenters. The lowest BCUT2D eigenvalue weighted by Crippen LogP contribution is -2.31. The Kier molecular flexibility index (Phi) is 8.26. The molecular formula is C27H24BrF3N4O5S2. The molecule has 0 saturated carbocycles. The summed E-state index contributed by atoms with van der Waals surface area (Å²) in [7, 11) is -7.85. The number of imidazole rings is 1. The van der Waals surface area contributed by atoms with E-state index >= 15 is 0 Å². The average Bonchev–Trinajstić information content (AvgIpc) is 3.52. The maximum absolute atomic E-state index is 13.3. The summed E-state index contributed by atoms with van der Waals surface area (Å²) < 4.78 is 92.3. The third-order valence-corrected chi connectivity index (χ3v) is 10.6. The summed E-state index contributed by atoms with van der Waals surface area (Å²) in [5, 5.41) is -0.873. The predicted molar refractivity (Wildman–Crippen MR) is 155 cm³/mol. The number of carbonyl (C=O) groups excluding carboxylic acids is 1. The van der Waals surface area contributed by atoms with Gasteiger partial charge in [-0.3, -0.25) is 18.6 Å². The first-order chi connectivity index (χ1) is 19.7. The zero-order chi connectivity index (χ0) is 30.3. The van der Waals surface area contributed by atoms with E-state index in [1.54, 1.807) is 18.2 Å². The van der Waals surface area contributed by atoms with Crippen molar-refractivity contribution in [2.75, 3.05) is 0 Å². The monoisotopic (exact) mass is 684 g/mol. The number of benzene rings is 3. The van der Waals surface area contributed by atoms with Crippen LogP contribution in [0.15, 0.2) is 88.4 Å². The number of nitrogens with zero attached hydrogens (tertiary/aromatic N) is 1. The van der Waals surface area contributed by atoms with E-state index in [1.165, 1.54) is 6.20 Å². The normalized spacial score (nSPS) is 18.4. The molecule has 0 aliphatic carbocycles. The molecule has 1 aromatic heterocycles. The van der Waals surface area contributed by atoms with Gasteiger partial charge in [0.1, 0.15) is 11.1 Å². The molecule has 1 aliphatic heterocycles. The number of halogens is 4. The molecule has 9 nitrogen and oxygen atoms in total. The molecule has 0 spiro atoms. The number of hydrogen-bond acceptors (Lipinski definition) is 6. The largest absolute Gasteiger partial charge is 0.416 e. The molecule has 222 valence electrons. The van der Waals surface area contributed by atoms with Gasteiger partial charge in [-0.15, -0.1) is 10.8 Å². The number of amides is 1. The van der Waals surface area contributed by atoms with Crippen molar-refractivity contribution in [3.63, 3.8) is 0 Å². The molecule has 1 fully saturated rings. The highest BCUT2D eigenvalue weighted by atomic mass is 79.9. The zero-order valence-corrected chi connectivity index (χ0v) is 24.7. The van der Waals surface area contributed by atoms with Gasteiger partial charge in [-0.2, -0.15) is 13.2 Å². The lowest BCUT2D eigenvalue weighted by atomic mass is 10.0. The molecule has 5 rings (SSSR count). The number of aromatic amines is 1. The minimum Gasteiger partial charge on any atom is -0.341 e. The molecule has 2 heterocycles. The Morgan fingerprint density at radius 2 is 1.81 bits per heavy atom. The van der Waals surface area contributed by atoms with Gasteiger partial charge < -0.3 is 4.98 Å².